The number of amides is 1. The molecule has 0 aliphatic heterocycles. The van der Waals surface area contributed by atoms with Crippen LogP contribution in [0.25, 0.3) is 0 Å². The molecule has 1 atom stereocenters. The summed E-state index contributed by atoms with van der Waals surface area (Å²) >= 11 is 0. The second-order valence-corrected chi connectivity index (χ2v) is 6.50. The highest BCUT2D eigenvalue weighted by Crippen LogP contribution is 2.24. The Morgan fingerprint density at radius 1 is 1.12 bits per heavy atom. The Morgan fingerprint density at radius 2 is 1.80 bits per heavy atom. The maximum Gasteiger partial charge on any atom is 0.316 e. The third-order valence-corrected chi connectivity index (χ3v) is 4.76. The van der Waals surface area contributed by atoms with E-state index in [4.69, 9.17) is 4.74 Å². The molecule has 1 aliphatic carbocycles. The zero-order valence-electron chi connectivity index (χ0n) is 14.6. The van der Waals surface area contributed by atoms with Gasteiger partial charge in [-0.1, -0.05) is 37.3 Å². The molecule has 5 nitrogen and oxygen atoms in total. The van der Waals surface area contributed by atoms with E-state index in [0.717, 1.165) is 37.7 Å². The van der Waals surface area contributed by atoms with Gasteiger partial charge in [0.1, 0.15) is 6.10 Å². The standard InChI is InChI=1S/C20H25N3O2/c1-2-18(15-7-4-3-5-8-15)19(24)23-16-9-11-17(12-10-16)25-20-21-13-6-14-22-20/h3-8,13-14,16-18H,2,9-12H2,1H3,(H,23,24). The topological polar surface area (TPSA) is 64.1 Å². The highest BCUT2D eigenvalue weighted by atomic mass is 16.5. The number of rotatable bonds is 6. The van der Waals surface area contributed by atoms with Crippen LogP contribution in [0.15, 0.2) is 48.8 Å². The van der Waals surface area contributed by atoms with Gasteiger partial charge in [-0.3, -0.25) is 4.79 Å². The monoisotopic (exact) mass is 339 g/mol. The minimum absolute atomic E-state index is 0.0760. The Kier molecular flexibility index (Phi) is 5.99. The Balaban J connectivity index is 1.49. The van der Waals surface area contributed by atoms with E-state index in [9.17, 15) is 4.79 Å². The summed E-state index contributed by atoms with van der Waals surface area (Å²) in [6.45, 7) is 2.06. The lowest BCUT2D eigenvalue weighted by molar-refractivity contribution is -0.123. The normalized spacial score (nSPS) is 21.3. The number of nitrogens with one attached hydrogen (secondary N) is 1. The summed E-state index contributed by atoms with van der Waals surface area (Å²) in [6.07, 6.45) is 7.97. The van der Waals surface area contributed by atoms with Crippen molar-refractivity contribution in [3.63, 3.8) is 0 Å². The number of carbonyl (C=O) groups excluding carboxylic acids is 1. The highest BCUT2D eigenvalue weighted by Gasteiger charge is 2.26. The SMILES string of the molecule is CCC(C(=O)NC1CCC(Oc2ncccn2)CC1)c1ccccc1. The molecule has 0 spiro atoms. The molecule has 1 aromatic heterocycles. The van der Waals surface area contributed by atoms with Crippen LogP contribution in [0.3, 0.4) is 0 Å². The molecular weight excluding hydrogens is 314 g/mol. The van der Waals surface area contributed by atoms with Gasteiger partial charge >= 0.3 is 6.01 Å². The molecule has 0 radical (unpaired) electrons. The van der Waals surface area contributed by atoms with Crippen molar-refractivity contribution in [3.8, 4) is 6.01 Å². The van der Waals surface area contributed by atoms with Gasteiger partial charge in [0.15, 0.2) is 0 Å². The molecule has 25 heavy (non-hydrogen) atoms. The first-order valence-electron chi connectivity index (χ1n) is 9.05. The van der Waals surface area contributed by atoms with Gasteiger partial charge in [0.2, 0.25) is 5.91 Å². The molecule has 1 aliphatic rings. The molecule has 0 bridgehead atoms. The molecule has 2 aromatic rings. The van der Waals surface area contributed by atoms with E-state index in [2.05, 4.69) is 22.2 Å². The molecule has 5 heteroatoms. The van der Waals surface area contributed by atoms with Gasteiger partial charge < -0.3 is 10.1 Å². The predicted molar refractivity (Wildman–Crippen MR) is 96.3 cm³/mol. The second-order valence-electron chi connectivity index (χ2n) is 6.50. The zero-order chi connectivity index (χ0) is 17.5. The van der Waals surface area contributed by atoms with Crippen LogP contribution in [0.2, 0.25) is 0 Å². The third-order valence-electron chi connectivity index (χ3n) is 4.76. The first-order chi connectivity index (χ1) is 12.3. The van der Waals surface area contributed by atoms with Gasteiger partial charge in [-0.15, -0.1) is 0 Å². The van der Waals surface area contributed by atoms with E-state index >= 15 is 0 Å². The van der Waals surface area contributed by atoms with Gasteiger partial charge in [0.25, 0.3) is 0 Å². The van der Waals surface area contributed by atoms with Gasteiger partial charge in [-0.25, -0.2) is 9.97 Å². The lowest BCUT2D eigenvalue weighted by Crippen LogP contribution is -2.41. The quantitative estimate of drug-likeness (QED) is 0.875. The van der Waals surface area contributed by atoms with Crippen LogP contribution in [-0.2, 0) is 4.79 Å². The molecule has 132 valence electrons. The molecule has 1 fully saturated rings. The number of nitrogens with zero attached hydrogens (tertiary/aromatic N) is 2. The summed E-state index contributed by atoms with van der Waals surface area (Å²) in [5.74, 6) is 0.0531. The first kappa shape index (κ1) is 17.4. The van der Waals surface area contributed by atoms with Crippen LogP contribution >= 0.6 is 0 Å². The number of benzene rings is 1. The van der Waals surface area contributed by atoms with Crippen LogP contribution in [0.1, 0.15) is 50.5 Å². The first-order valence-corrected chi connectivity index (χ1v) is 9.05. The van der Waals surface area contributed by atoms with Crippen molar-refractivity contribution in [2.24, 2.45) is 0 Å². The third kappa shape index (κ3) is 4.78. The van der Waals surface area contributed by atoms with Gasteiger partial charge in [0, 0.05) is 18.4 Å². The van der Waals surface area contributed by atoms with Crippen molar-refractivity contribution in [1.29, 1.82) is 0 Å². The zero-order valence-corrected chi connectivity index (χ0v) is 14.6. The highest BCUT2D eigenvalue weighted by molar-refractivity contribution is 5.83. The van der Waals surface area contributed by atoms with E-state index in [0.29, 0.717) is 6.01 Å². The van der Waals surface area contributed by atoms with E-state index in [1.165, 1.54) is 0 Å². The maximum atomic E-state index is 12.7. The molecule has 0 saturated heterocycles. The predicted octanol–water partition coefficient (Wildman–Crippen LogP) is 3.48. The lowest BCUT2D eigenvalue weighted by Gasteiger charge is -2.30. The van der Waals surface area contributed by atoms with Crippen molar-refractivity contribution in [3.05, 3.63) is 54.4 Å². The molecule has 1 N–H and O–H groups in total. The minimum Gasteiger partial charge on any atom is -0.460 e. The lowest BCUT2D eigenvalue weighted by atomic mass is 9.91. The fourth-order valence-corrected chi connectivity index (χ4v) is 3.38. The van der Waals surface area contributed by atoms with Crippen LogP contribution in [-0.4, -0.2) is 28.0 Å². The summed E-state index contributed by atoms with van der Waals surface area (Å²) in [4.78, 5) is 20.9. The molecule has 3 rings (SSSR count). The molecular formula is C20H25N3O2. The molecule has 1 saturated carbocycles. The summed E-state index contributed by atoms with van der Waals surface area (Å²) in [7, 11) is 0. The van der Waals surface area contributed by atoms with Crippen LogP contribution < -0.4 is 10.1 Å². The number of ether oxygens (including phenoxy) is 1. The van der Waals surface area contributed by atoms with Crippen LogP contribution in [0.5, 0.6) is 6.01 Å². The Hall–Kier alpha value is -2.43. The maximum absolute atomic E-state index is 12.7. The molecule has 1 heterocycles. The van der Waals surface area contributed by atoms with Crippen molar-refractivity contribution >= 4 is 5.91 Å². The number of hydrogen-bond acceptors (Lipinski definition) is 4. The number of hydrogen-bond donors (Lipinski definition) is 1. The minimum atomic E-state index is -0.0760. The average molecular weight is 339 g/mol. The number of aromatic nitrogens is 2. The van der Waals surface area contributed by atoms with E-state index in [1.54, 1.807) is 18.5 Å². The van der Waals surface area contributed by atoms with Crippen LogP contribution in [0, 0.1) is 0 Å². The smallest absolute Gasteiger partial charge is 0.316 e. The average Bonchev–Trinajstić information content (AvgIpc) is 2.66. The van der Waals surface area contributed by atoms with Crippen molar-refractivity contribution in [2.75, 3.05) is 0 Å². The van der Waals surface area contributed by atoms with E-state index in [1.807, 2.05) is 30.3 Å². The Morgan fingerprint density at radius 3 is 2.44 bits per heavy atom. The summed E-state index contributed by atoms with van der Waals surface area (Å²) in [5.41, 5.74) is 1.08. The largest absolute Gasteiger partial charge is 0.460 e. The number of carbonyl (C=O) groups is 1. The van der Waals surface area contributed by atoms with Gasteiger partial charge in [-0.05, 0) is 43.7 Å². The fraction of sp³-hybridized carbons (Fsp3) is 0.450. The molecule has 1 aromatic carbocycles. The van der Waals surface area contributed by atoms with Crippen molar-refractivity contribution in [2.45, 2.75) is 57.1 Å². The van der Waals surface area contributed by atoms with E-state index < -0.39 is 0 Å². The van der Waals surface area contributed by atoms with E-state index in [-0.39, 0.29) is 24.0 Å². The fourth-order valence-electron chi connectivity index (χ4n) is 3.38. The summed E-state index contributed by atoms with van der Waals surface area (Å²) < 4.78 is 5.81. The van der Waals surface area contributed by atoms with Gasteiger partial charge in [0.05, 0.1) is 5.92 Å². The van der Waals surface area contributed by atoms with Gasteiger partial charge in [-0.2, -0.15) is 0 Å². The van der Waals surface area contributed by atoms with Crippen LogP contribution in [0.4, 0.5) is 0 Å². The summed E-state index contributed by atoms with van der Waals surface area (Å²) in [5, 5.41) is 3.23. The van der Waals surface area contributed by atoms with Crippen molar-refractivity contribution in [1.82, 2.24) is 15.3 Å². The summed E-state index contributed by atoms with van der Waals surface area (Å²) in [6, 6.07) is 12.4. The van der Waals surface area contributed by atoms with Crippen molar-refractivity contribution < 1.29 is 9.53 Å². The molecule has 1 amide bonds. The molecule has 1 unspecified atom stereocenters. The Bertz CT molecular complexity index is 655. The second kappa shape index (κ2) is 8.60. The Labute approximate surface area is 148 Å².